The summed E-state index contributed by atoms with van der Waals surface area (Å²) in [5.41, 5.74) is 0.449. The summed E-state index contributed by atoms with van der Waals surface area (Å²) in [6, 6.07) is 0. The Labute approximate surface area is 102 Å². The number of hydrogen-bond donors (Lipinski definition) is 0. The highest BCUT2D eigenvalue weighted by Gasteiger charge is 2.53. The summed E-state index contributed by atoms with van der Waals surface area (Å²) in [5.74, 6) is 1.72. The minimum Gasteiger partial charge on any atom is -0.377 e. The first kappa shape index (κ1) is 11.9. The van der Waals surface area contributed by atoms with Gasteiger partial charge >= 0.3 is 0 Å². The summed E-state index contributed by atoms with van der Waals surface area (Å²) in [5, 5.41) is 1.13. The van der Waals surface area contributed by atoms with Gasteiger partial charge in [0.05, 0.1) is 6.10 Å². The van der Waals surface area contributed by atoms with Gasteiger partial charge < -0.3 is 4.74 Å². The number of rotatable bonds is 5. The van der Waals surface area contributed by atoms with Gasteiger partial charge in [0.15, 0.2) is 0 Å². The van der Waals surface area contributed by atoms with Gasteiger partial charge in [-0.25, -0.2) is 0 Å². The molecule has 0 aromatic carbocycles. The maximum atomic E-state index is 6.04. The second kappa shape index (κ2) is 4.75. The van der Waals surface area contributed by atoms with Crippen LogP contribution in [0.2, 0.25) is 0 Å². The lowest BCUT2D eigenvalue weighted by molar-refractivity contribution is 0.0105. The van der Waals surface area contributed by atoms with Crippen LogP contribution in [0.3, 0.4) is 0 Å². The highest BCUT2D eigenvalue weighted by atomic mass is 79.9. The molecule has 0 bridgehead atoms. The molecule has 0 aromatic heterocycles. The minimum absolute atomic E-state index is 0.449. The van der Waals surface area contributed by atoms with Gasteiger partial charge in [-0.2, -0.15) is 0 Å². The molecule has 0 N–H and O–H groups in total. The van der Waals surface area contributed by atoms with Crippen LogP contribution in [-0.2, 0) is 4.74 Å². The van der Waals surface area contributed by atoms with Gasteiger partial charge in [0.25, 0.3) is 0 Å². The van der Waals surface area contributed by atoms with E-state index in [1.54, 1.807) is 0 Å². The van der Waals surface area contributed by atoms with E-state index in [2.05, 4.69) is 29.8 Å². The molecule has 1 heterocycles. The van der Waals surface area contributed by atoms with Gasteiger partial charge in [-0.15, -0.1) is 0 Å². The molecule has 2 rings (SSSR count). The van der Waals surface area contributed by atoms with Gasteiger partial charge in [0, 0.05) is 17.4 Å². The Morgan fingerprint density at radius 1 is 1.33 bits per heavy atom. The van der Waals surface area contributed by atoms with Crippen molar-refractivity contribution in [3.8, 4) is 0 Å². The molecular formula is C13H23BrO. The molecule has 2 atom stereocenters. The smallest absolute Gasteiger partial charge is 0.0670 e. The van der Waals surface area contributed by atoms with Gasteiger partial charge in [-0.3, -0.25) is 0 Å². The summed E-state index contributed by atoms with van der Waals surface area (Å²) in [7, 11) is 0. The van der Waals surface area contributed by atoms with Crippen LogP contribution in [0.15, 0.2) is 0 Å². The average Bonchev–Trinajstić information content (AvgIpc) is 3.02. The zero-order valence-corrected chi connectivity index (χ0v) is 11.6. The highest BCUT2D eigenvalue weighted by molar-refractivity contribution is 9.09. The third kappa shape index (κ3) is 2.00. The summed E-state index contributed by atoms with van der Waals surface area (Å²) < 4.78 is 6.04. The van der Waals surface area contributed by atoms with Crippen molar-refractivity contribution in [3.63, 3.8) is 0 Å². The Morgan fingerprint density at radius 3 is 2.47 bits per heavy atom. The Balaban J connectivity index is 2.16. The van der Waals surface area contributed by atoms with E-state index in [-0.39, 0.29) is 0 Å². The Kier molecular flexibility index (Phi) is 3.77. The zero-order valence-electron chi connectivity index (χ0n) is 9.97. The van der Waals surface area contributed by atoms with Crippen molar-refractivity contribution in [1.82, 2.24) is 0 Å². The fourth-order valence-electron chi connectivity index (χ4n) is 3.48. The maximum Gasteiger partial charge on any atom is 0.0670 e. The van der Waals surface area contributed by atoms with E-state index in [1.807, 2.05) is 0 Å². The molecule has 2 aliphatic rings. The second-order valence-corrected chi connectivity index (χ2v) is 5.82. The predicted molar refractivity (Wildman–Crippen MR) is 67.4 cm³/mol. The summed E-state index contributed by atoms with van der Waals surface area (Å²) in [6.07, 6.45) is 7.23. The number of ether oxygens (including phenoxy) is 1. The van der Waals surface area contributed by atoms with Crippen LogP contribution in [0.5, 0.6) is 0 Å². The van der Waals surface area contributed by atoms with Gasteiger partial charge in [0.2, 0.25) is 0 Å². The lowest BCUT2D eigenvalue weighted by atomic mass is 9.68. The normalized spacial score (nSPS) is 36.4. The van der Waals surface area contributed by atoms with Crippen LogP contribution in [0.25, 0.3) is 0 Å². The van der Waals surface area contributed by atoms with Crippen LogP contribution in [-0.4, -0.2) is 18.0 Å². The van der Waals surface area contributed by atoms with Crippen LogP contribution in [0, 0.1) is 17.3 Å². The van der Waals surface area contributed by atoms with Crippen molar-refractivity contribution in [2.75, 3.05) is 11.9 Å². The highest BCUT2D eigenvalue weighted by Crippen LogP contribution is 2.53. The molecule has 0 aromatic rings. The van der Waals surface area contributed by atoms with E-state index >= 15 is 0 Å². The second-order valence-electron chi connectivity index (χ2n) is 5.26. The molecule has 1 saturated heterocycles. The van der Waals surface area contributed by atoms with E-state index in [4.69, 9.17) is 4.74 Å². The number of hydrogen-bond acceptors (Lipinski definition) is 1. The van der Waals surface area contributed by atoms with Crippen LogP contribution >= 0.6 is 15.9 Å². The van der Waals surface area contributed by atoms with Crippen molar-refractivity contribution in [2.24, 2.45) is 17.3 Å². The van der Waals surface area contributed by atoms with Crippen molar-refractivity contribution in [2.45, 2.75) is 52.1 Å². The Bertz CT molecular complexity index is 211. The van der Waals surface area contributed by atoms with Crippen molar-refractivity contribution in [1.29, 1.82) is 0 Å². The fraction of sp³-hybridized carbons (Fsp3) is 1.00. The number of alkyl halides is 1. The van der Waals surface area contributed by atoms with Crippen molar-refractivity contribution >= 4 is 15.9 Å². The molecule has 2 fully saturated rings. The van der Waals surface area contributed by atoms with E-state index in [1.165, 1.54) is 32.1 Å². The molecule has 2 heteroatoms. The monoisotopic (exact) mass is 274 g/mol. The molecule has 0 spiro atoms. The fourth-order valence-corrected chi connectivity index (χ4v) is 4.54. The Hall–Kier alpha value is 0.440. The van der Waals surface area contributed by atoms with E-state index in [0.29, 0.717) is 11.5 Å². The van der Waals surface area contributed by atoms with E-state index in [9.17, 15) is 0 Å². The van der Waals surface area contributed by atoms with Crippen molar-refractivity contribution in [3.05, 3.63) is 0 Å². The lowest BCUT2D eigenvalue weighted by Crippen LogP contribution is -2.41. The molecule has 1 nitrogen and oxygen atoms in total. The molecule has 88 valence electrons. The van der Waals surface area contributed by atoms with E-state index in [0.717, 1.165) is 23.8 Å². The largest absolute Gasteiger partial charge is 0.377 e. The molecule has 1 aliphatic carbocycles. The summed E-state index contributed by atoms with van der Waals surface area (Å²) in [4.78, 5) is 0. The topological polar surface area (TPSA) is 9.23 Å². The molecule has 2 unspecified atom stereocenters. The molecule has 15 heavy (non-hydrogen) atoms. The molecular weight excluding hydrogens is 252 g/mol. The summed E-state index contributed by atoms with van der Waals surface area (Å²) >= 11 is 3.77. The van der Waals surface area contributed by atoms with Crippen molar-refractivity contribution < 1.29 is 4.74 Å². The first-order chi connectivity index (χ1) is 7.28. The number of halogens is 1. The first-order valence-corrected chi connectivity index (χ1v) is 7.58. The van der Waals surface area contributed by atoms with Crippen LogP contribution < -0.4 is 0 Å². The van der Waals surface area contributed by atoms with Gasteiger partial charge in [-0.1, -0.05) is 42.6 Å². The van der Waals surface area contributed by atoms with Crippen LogP contribution in [0.4, 0.5) is 0 Å². The quantitative estimate of drug-likeness (QED) is 0.689. The summed E-state index contributed by atoms with van der Waals surface area (Å²) in [6.45, 7) is 5.66. The molecule has 0 amide bonds. The third-order valence-electron chi connectivity index (χ3n) is 4.53. The minimum atomic E-state index is 0.449. The Morgan fingerprint density at radius 2 is 2.00 bits per heavy atom. The SMILES string of the molecule is CCC(CC)C1(CBr)CCOC1C1CC1. The first-order valence-electron chi connectivity index (χ1n) is 6.46. The third-order valence-corrected chi connectivity index (χ3v) is 5.57. The molecule has 1 saturated carbocycles. The maximum absolute atomic E-state index is 6.04. The van der Waals surface area contributed by atoms with E-state index < -0.39 is 0 Å². The van der Waals surface area contributed by atoms with Gasteiger partial charge in [-0.05, 0) is 31.1 Å². The predicted octanol–water partition coefficient (Wildman–Crippen LogP) is 4.00. The zero-order chi connectivity index (χ0) is 10.9. The average molecular weight is 275 g/mol. The molecule has 0 radical (unpaired) electrons. The molecule has 1 aliphatic heterocycles. The standard InChI is InChI=1S/C13H23BrO/c1-3-11(4-2)13(9-14)7-8-15-12(13)10-5-6-10/h10-12H,3-9H2,1-2H3. The van der Waals surface area contributed by atoms with Crippen LogP contribution in [0.1, 0.15) is 46.0 Å². The van der Waals surface area contributed by atoms with Gasteiger partial charge in [0.1, 0.15) is 0 Å². The lowest BCUT2D eigenvalue weighted by Gasteiger charge is -2.39.